The van der Waals surface area contributed by atoms with E-state index in [1.54, 1.807) is 12.4 Å². The third-order valence-electron chi connectivity index (χ3n) is 5.71. The van der Waals surface area contributed by atoms with Crippen molar-refractivity contribution in [2.45, 2.75) is 59.0 Å². The molecular formula is C23H28N6O. The highest BCUT2D eigenvalue weighted by Crippen LogP contribution is 2.37. The lowest BCUT2D eigenvalue weighted by molar-refractivity contribution is 0.0606. The minimum absolute atomic E-state index is 0.0141. The van der Waals surface area contributed by atoms with Gasteiger partial charge in [-0.3, -0.25) is 14.5 Å². The monoisotopic (exact) mass is 404 g/mol. The maximum atomic E-state index is 13.4. The average molecular weight is 405 g/mol. The van der Waals surface area contributed by atoms with Crippen molar-refractivity contribution in [2.75, 3.05) is 6.54 Å². The number of hydrogen-bond acceptors (Lipinski definition) is 5. The number of carbonyl (C=O) groups excluding carboxylic acids is 1. The SMILES string of the molecule is Cc1ncc(-c2ccncc2C)c([C@@H]2CCCCN2C(=O)c2cnn(C(C)C)c2)n1. The molecule has 0 spiro atoms. The molecule has 3 aromatic heterocycles. The fraction of sp³-hybridized carbons (Fsp3) is 0.435. The van der Waals surface area contributed by atoms with Crippen LogP contribution in [0.5, 0.6) is 0 Å². The Bertz CT molecular complexity index is 1060. The van der Waals surface area contributed by atoms with Gasteiger partial charge >= 0.3 is 0 Å². The van der Waals surface area contributed by atoms with E-state index >= 15 is 0 Å². The molecule has 1 fully saturated rings. The van der Waals surface area contributed by atoms with Crippen molar-refractivity contribution in [3.63, 3.8) is 0 Å². The normalized spacial score (nSPS) is 16.8. The van der Waals surface area contributed by atoms with Crippen molar-refractivity contribution in [3.05, 3.63) is 59.7 Å². The molecule has 0 aromatic carbocycles. The van der Waals surface area contributed by atoms with Crippen LogP contribution in [-0.2, 0) is 0 Å². The van der Waals surface area contributed by atoms with E-state index in [4.69, 9.17) is 4.98 Å². The number of nitrogens with zero attached hydrogens (tertiary/aromatic N) is 6. The second-order valence-electron chi connectivity index (χ2n) is 8.22. The first-order chi connectivity index (χ1) is 14.5. The molecule has 0 bridgehead atoms. The van der Waals surface area contributed by atoms with Crippen molar-refractivity contribution in [2.24, 2.45) is 0 Å². The zero-order valence-electron chi connectivity index (χ0n) is 18.0. The van der Waals surface area contributed by atoms with Crippen LogP contribution in [0.2, 0.25) is 0 Å². The van der Waals surface area contributed by atoms with Gasteiger partial charge in [0.05, 0.1) is 23.5 Å². The van der Waals surface area contributed by atoms with Gasteiger partial charge < -0.3 is 4.90 Å². The number of aryl methyl sites for hydroxylation is 2. The topological polar surface area (TPSA) is 76.8 Å². The van der Waals surface area contributed by atoms with Crippen molar-refractivity contribution in [1.29, 1.82) is 0 Å². The van der Waals surface area contributed by atoms with Gasteiger partial charge in [0.25, 0.3) is 5.91 Å². The van der Waals surface area contributed by atoms with Crippen LogP contribution in [0, 0.1) is 13.8 Å². The number of hydrogen-bond donors (Lipinski definition) is 0. The van der Waals surface area contributed by atoms with Crippen LogP contribution in [0.15, 0.2) is 37.1 Å². The lowest BCUT2D eigenvalue weighted by Crippen LogP contribution is -2.39. The van der Waals surface area contributed by atoms with E-state index in [0.29, 0.717) is 17.9 Å². The first-order valence-corrected chi connectivity index (χ1v) is 10.6. The molecule has 4 heterocycles. The molecule has 7 heteroatoms. The van der Waals surface area contributed by atoms with E-state index in [1.165, 1.54) is 0 Å². The van der Waals surface area contributed by atoms with Gasteiger partial charge in [-0.25, -0.2) is 9.97 Å². The van der Waals surface area contributed by atoms with E-state index in [1.807, 2.05) is 48.1 Å². The highest BCUT2D eigenvalue weighted by molar-refractivity contribution is 5.94. The average Bonchev–Trinajstić information content (AvgIpc) is 3.24. The molecule has 156 valence electrons. The van der Waals surface area contributed by atoms with Crippen molar-refractivity contribution >= 4 is 5.91 Å². The van der Waals surface area contributed by atoms with Gasteiger partial charge in [-0.2, -0.15) is 5.10 Å². The maximum absolute atomic E-state index is 13.4. The Balaban J connectivity index is 1.75. The quantitative estimate of drug-likeness (QED) is 0.648. The molecule has 30 heavy (non-hydrogen) atoms. The number of amides is 1. The molecule has 0 radical (unpaired) electrons. The van der Waals surface area contributed by atoms with Crippen LogP contribution in [0.25, 0.3) is 11.1 Å². The van der Waals surface area contributed by atoms with Crippen LogP contribution in [0.3, 0.4) is 0 Å². The molecule has 7 nitrogen and oxygen atoms in total. The van der Waals surface area contributed by atoms with Gasteiger partial charge in [-0.1, -0.05) is 0 Å². The molecule has 4 rings (SSSR count). The minimum Gasteiger partial charge on any atom is -0.330 e. The summed E-state index contributed by atoms with van der Waals surface area (Å²) in [7, 11) is 0. The number of carbonyl (C=O) groups is 1. The van der Waals surface area contributed by atoms with Crippen molar-refractivity contribution < 1.29 is 4.79 Å². The van der Waals surface area contributed by atoms with E-state index in [9.17, 15) is 4.79 Å². The van der Waals surface area contributed by atoms with Crippen LogP contribution >= 0.6 is 0 Å². The van der Waals surface area contributed by atoms with E-state index < -0.39 is 0 Å². The summed E-state index contributed by atoms with van der Waals surface area (Å²) in [5.74, 6) is 0.728. The number of piperidine rings is 1. The number of pyridine rings is 1. The second-order valence-corrected chi connectivity index (χ2v) is 8.22. The van der Waals surface area contributed by atoms with E-state index in [-0.39, 0.29) is 18.0 Å². The van der Waals surface area contributed by atoms with Crippen LogP contribution in [0.1, 0.15) is 72.6 Å². The van der Waals surface area contributed by atoms with Crippen LogP contribution in [-0.4, -0.2) is 42.1 Å². The summed E-state index contributed by atoms with van der Waals surface area (Å²) >= 11 is 0. The number of rotatable bonds is 4. The molecule has 3 aromatic rings. The molecule has 1 aliphatic rings. The maximum Gasteiger partial charge on any atom is 0.257 e. The van der Waals surface area contributed by atoms with Gasteiger partial charge in [0.2, 0.25) is 0 Å². The van der Waals surface area contributed by atoms with Gasteiger partial charge in [0.1, 0.15) is 5.82 Å². The fourth-order valence-corrected chi connectivity index (χ4v) is 4.08. The van der Waals surface area contributed by atoms with Gasteiger partial charge in [-0.05, 0) is 64.2 Å². The van der Waals surface area contributed by atoms with Gasteiger partial charge in [0.15, 0.2) is 0 Å². The Morgan fingerprint density at radius 3 is 2.70 bits per heavy atom. The first-order valence-electron chi connectivity index (χ1n) is 10.6. The summed E-state index contributed by atoms with van der Waals surface area (Å²) in [6, 6.07) is 2.13. The molecule has 0 saturated carbocycles. The fourth-order valence-electron chi connectivity index (χ4n) is 4.08. The van der Waals surface area contributed by atoms with Gasteiger partial charge in [0, 0.05) is 42.9 Å². The molecule has 1 saturated heterocycles. The third-order valence-corrected chi connectivity index (χ3v) is 5.71. The predicted octanol–water partition coefficient (Wildman–Crippen LogP) is 4.30. The number of aromatic nitrogens is 5. The molecule has 0 unspecified atom stereocenters. The first kappa shape index (κ1) is 20.2. The smallest absolute Gasteiger partial charge is 0.257 e. The summed E-state index contributed by atoms with van der Waals surface area (Å²) in [5.41, 5.74) is 4.65. The summed E-state index contributed by atoms with van der Waals surface area (Å²) in [6.07, 6.45) is 12.0. The zero-order valence-corrected chi connectivity index (χ0v) is 18.0. The van der Waals surface area contributed by atoms with Crippen LogP contribution in [0.4, 0.5) is 0 Å². The lowest BCUT2D eigenvalue weighted by Gasteiger charge is -2.36. The second kappa shape index (κ2) is 8.34. The summed E-state index contributed by atoms with van der Waals surface area (Å²) in [4.78, 5) is 28.9. The minimum atomic E-state index is -0.0853. The van der Waals surface area contributed by atoms with Gasteiger partial charge in [-0.15, -0.1) is 0 Å². The van der Waals surface area contributed by atoms with E-state index in [2.05, 4.69) is 28.9 Å². The molecule has 0 aliphatic carbocycles. The summed E-state index contributed by atoms with van der Waals surface area (Å²) in [6.45, 7) is 8.76. The molecule has 1 amide bonds. The molecule has 1 aliphatic heterocycles. The highest BCUT2D eigenvalue weighted by atomic mass is 16.2. The summed E-state index contributed by atoms with van der Waals surface area (Å²) < 4.78 is 1.83. The Hall–Kier alpha value is -3.09. The molecule has 1 atom stereocenters. The Labute approximate surface area is 177 Å². The largest absolute Gasteiger partial charge is 0.330 e. The predicted molar refractivity (Wildman–Crippen MR) is 115 cm³/mol. The summed E-state index contributed by atoms with van der Waals surface area (Å²) in [5, 5.41) is 4.36. The standard InChI is InChI=1S/C23H28N6O/c1-15(2)29-14-18(12-26-29)23(30)28-10-6-5-7-21(28)22-20(13-25-17(4)27-22)19-8-9-24-11-16(19)3/h8-9,11-15,21H,5-7,10H2,1-4H3/t21-/m0/s1. The van der Waals surface area contributed by atoms with Crippen molar-refractivity contribution in [1.82, 2.24) is 29.6 Å². The Morgan fingerprint density at radius 1 is 1.13 bits per heavy atom. The third kappa shape index (κ3) is 3.84. The van der Waals surface area contributed by atoms with E-state index in [0.717, 1.165) is 41.6 Å². The highest BCUT2D eigenvalue weighted by Gasteiger charge is 2.32. The van der Waals surface area contributed by atoms with Crippen LogP contribution < -0.4 is 0 Å². The van der Waals surface area contributed by atoms with Crippen molar-refractivity contribution in [3.8, 4) is 11.1 Å². The molecular weight excluding hydrogens is 376 g/mol. The lowest BCUT2D eigenvalue weighted by atomic mass is 9.92. The molecule has 0 N–H and O–H groups in total. The Kier molecular flexibility index (Phi) is 5.61. The number of likely N-dealkylation sites (tertiary alicyclic amines) is 1. The zero-order chi connectivity index (χ0) is 21.3. The Morgan fingerprint density at radius 2 is 1.97 bits per heavy atom.